The Balaban J connectivity index is 1.56. The largest absolute Gasteiger partial charge is 0.368 e. The van der Waals surface area contributed by atoms with Crippen LogP contribution in [0.2, 0.25) is 0 Å². The first-order chi connectivity index (χ1) is 11.8. The van der Waals surface area contributed by atoms with Gasteiger partial charge in [-0.05, 0) is 30.7 Å². The molecule has 1 aliphatic rings. The van der Waals surface area contributed by atoms with Crippen molar-refractivity contribution < 1.29 is 17.6 Å². The third kappa shape index (κ3) is 4.19. The number of nitrogens with one attached hydrogen (secondary N) is 1. The number of hydrogen-bond acceptors (Lipinski definition) is 5. The molecule has 2 heterocycles. The monoisotopic (exact) mass is 382 g/mol. The Bertz CT molecular complexity index is 880. The van der Waals surface area contributed by atoms with E-state index in [4.69, 9.17) is 0 Å². The highest BCUT2D eigenvalue weighted by atomic mass is 32.2. The van der Waals surface area contributed by atoms with Crippen molar-refractivity contribution in [2.75, 3.05) is 24.2 Å². The van der Waals surface area contributed by atoms with Crippen molar-refractivity contribution in [3.63, 3.8) is 0 Å². The van der Waals surface area contributed by atoms with E-state index in [9.17, 15) is 17.6 Å². The molecule has 1 aromatic heterocycles. The molecule has 1 amide bonds. The van der Waals surface area contributed by atoms with Crippen molar-refractivity contribution in [3.05, 3.63) is 47.1 Å². The van der Waals surface area contributed by atoms with Gasteiger partial charge in [0.2, 0.25) is 5.91 Å². The van der Waals surface area contributed by atoms with Crippen LogP contribution in [-0.4, -0.2) is 33.7 Å². The minimum atomic E-state index is -3.21. The predicted molar refractivity (Wildman–Crippen MR) is 96.0 cm³/mol. The number of rotatable bonds is 5. The van der Waals surface area contributed by atoms with Crippen LogP contribution in [0.25, 0.3) is 0 Å². The summed E-state index contributed by atoms with van der Waals surface area (Å²) in [6, 6.07) is 9.82. The van der Waals surface area contributed by atoms with Crippen LogP contribution in [0.15, 0.2) is 40.6 Å². The van der Waals surface area contributed by atoms with Crippen LogP contribution >= 0.6 is 11.3 Å². The SMILES string of the molecule is CS(=O)(=O)c1ccc(CNC(=O)C2CCN(c3ccccc3F)C2)s1. The van der Waals surface area contributed by atoms with Crippen molar-refractivity contribution in [2.24, 2.45) is 5.92 Å². The van der Waals surface area contributed by atoms with Crippen molar-refractivity contribution in [3.8, 4) is 0 Å². The Kier molecular flexibility index (Phi) is 5.10. The molecule has 0 radical (unpaired) electrons. The molecule has 0 aliphatic carbocycles. The van der Waals surface area contributed by atoms with Crippen molar-refractivity contribution in [2.45, 2.75) is 17.2 Å². The van der Waals surface area contributed by atoms with E-state index in [1.54, 1.807) is 30.3 Å². The van der Waals surface area contributed by atoms with Gasteiger partial charge in [-0.1, -0.05) is 12.1 Å². The Labute approximate surface area is 150 Å². The summed E-state index contributed by atoms with van der Waals surface area (Å²) >= 11 is 1.16. The van der Waals surface area contributed by atoms with Crippen molar-refractivity contribution in [1.82, 2.24) is 5.32 Å². The fourth-order valence-electron chi connectivity index (χ4n) is 2.87. The number of benzene rings is 1. The average molecular weight is 382 g/mol. The van der Waals surface area contributed by atoms with Gasteiger partial charge < -0.3 is 10.2 Å². The standard InChI is InChI=1S/C17H19FN2O3S2/c1-25(22,23)16-7-6-13(24-16)10-19-17(21)12-8-9-20(11-12)15-5-3-2-4-14(15)18/h2-7,12H,8-11H2,1H3,(H,19,21). The van der Waals surface area contributed by atoms with Crippen molar-refractivity contribution in [1.29, 1.82) is 0 Å². The lowest BCUT2D eigenvalue weighted by Crippen LogP contribution is -2.32. The summed E-state index contributed by atoms with van der Waals surface area (Å²) in [5, 5.41) is 2.85. The molecule has 0 saturated carbocycles. The predicted octanol–water partition coefficient (Wildman–Crippen LogP) is 2.43. The summed E-state index contributed by atoms with van der Waals surface area (Å²) in [7, 11) is -3.21. The molecule has 3 rings (SSSR count). The molecule has 8 heteroatoms. The minimum absolute atomic E-state index is 0.0897. The van der Waals surface area contributed by atoms with Gasteiger partial charge in [-0.25, -0.2) is 12.8 Å². The maximum absolute atomic E-state index is 13.8. The van der Waals surface area contributed by atoms with Gasteiger partial charge in [0.05, 0.1) is 18.2 Å². The van der Waals surface area contributed by atoms with Crippen LogP contribution < -0.4 is 10.2 Å². The van der Waals surface area contributed by atoms with Gasteiger partial charge in [0.25, 0.3) is 0 Å². The molecular formula is C17H19FN2O3S2. The van der Waals surface area contributed by atoms with Crippen LogP contribution in [0, 0.1) is 11.7 Å². The Hall–Kier alpha value is -1.93. The molecule has 1 unspecified atom stereocenters. The molecular weight excluding hydrogens is 363 g/mol. The topological polar surface area (TPSA) is 66.5 Å². The fourth-order valence-corrected chi connectivity index (χ4v) is 4.79. The van der Waals surface area contributed by atoms with Crippen LogP contribution in [0.5, 0.6) is 0 Å². The van der Waals surface area contributed by atoms with Crippen LogP contribution in [0.3, 0.4) is 0 Å². The second-order valence-electron chi connectivity index (χ2n) is 6.09. The molecule has 1 fully saturated rings. The van der Waals surface area contributed by atoms with Crippen LogP contribution in [-0.2, 0) is 21.2 Å². The lowest BCUT2D eigenvalue weighted by atomic mass is 10.1. The van der Waals surface area contributed by atoms with E-state index in [0.717, 1.165) is 22.5 Å². The Morgan fingerprint density at radius 1 is 1.32 bits per heavy atom. The number of sulfone groups is 1. The highest BCUT2D eigenvalue weighted by molar-refractivity contribution is 7.92. The van der Waals surface area contributed by atoms with E-state index < -0.39 is 9.84 Å². The zero-order chi connectivity index (χ0) is 18.0. The zero-order valence-corrected chi connectivity index (χ0v) is 15.4. The summed E-state index contributed by atoms with van der Waals surface area (Å²) in [4.78, 5) is 15.0. The van der Waals surface area contributed by atoms with E-state index in [1.165, 1.54) is 6.07 Å². The van der Waals surface area contributed by atoms with Gasteiger partial charge in [-0.15, -0.1) is 11.3 Å². The molecule has 0 spiro atoms. The maximum Gasteiger partial charge on any atom is 0.225 e. The number of anilines is 1. The maximum atomic E-state index is 13.8. The first kappa shape index (κ1) is 17.9. The van der Waals surface area contributed by atoms with Crippen molar-refractivity contribution >= 4 is 32.8 Å². The van der Waals surface area contributed by atoms with E-state index in [-0.39, 0.29) is 17.6 Å². The summed E-state index contributed by atoms with van der Waals surface area (Å²) in [5.74, 6) is -0.572. The molecule has 1 aromatic carbocycles. The number of para-hydroxylation sites is 1. The highest BCUT2D eigenvalue weighted by Gasteiger charge is 2.29. The molecule has 1 atom stereocenters. The Morgan fingerprint density at radius 2 is 2.08 bits per heavy atom. The smallest absolute Gasteiger partial charge is 0.225 e. The highest BCUT2D eigenvalue weighted by Crippen LogP contribution is 2.26. The molecule has 1 saturated heterocycles. The number of halogens is 1. The lowest BCUT2D eigenvalue weighted by Gasteiger charge is -2.19. The summed E-state index contributed by atoms with van der Waals surface area (Å²) < 4.78 is 37.1. The first-order valence-corrected chi connectivity index (χ1v) is 10.6. The second-order valence-corrected chi connectivity index (χ2v) is 9.50. The molecule has 2 aromatic rings. The minimum Gasteiger partial charge on any atom is -0.368 e. The summed E-state index contributed by atoms with van der Waals surface area (Å²) in [5.41, 5.74) is 0.522. The van der Waals surface area contributed by atoms with Gasteiger partial charge in [0.1, 0.15) is 10.0 Å². The molecule has 134 valence electrons. The second kappa shape index (κ2) is 7.13. The van der Waals surface area contributed by atoms with E-state index in [2.05, 4.69) is 5.32 Å². The molecule has 5 nitrogen and oxygen atoms in total. The summed E-state index contributed by atoms with van der Waals surface area (Å²) in [6.45, 7) is 1.41. The molecule has 0 bridgehead atoms. The number of amides is 1. The van der Waals surface area contributed by atoms with Crippen LogP contribution in [0.1, 0.15) is 11.3 Å². The number of thiophene rings is 1. The first-order valence-electron chi connectivity index (χ1n) is 7.90. The number of carbonyl (C=O) groups excluding carboxylic acids is 1. The van der Waals surface area contributed by atoms with E-state index in [0.29, 0.717) is 36.0 Å². The molecule has 25 heavy (non-hydrogen) atoms. The third-order valence-electron chi connectivity index (χ3n) is 4.19. The quantitative estimate of drug-likeness (QED) is 0.863. The van der Waals surface area contributed by atoms with E-state index in [1.807, 2.05) is 4.90 Å². The lowest BCUT2D eigenvalue weighted by molar-refractivity contribution is -0.124. The third-order valence-corrected chi connectivity index (χ3v) is 7.10. The van der Waals surface area contributed by atoms with Crippen LogP contribution in [0.4, 0.5) is 10.1 Å². The Morgan fingerprint density at radius 3 is 2.76 bits per heavy atom. The number of nitrogens with zero attached hydrogens (tertiary/aromatic N) is 1. The normalized spacial score (nSPS) is 17.7. The zero-order valence-electron chi connectivity index (χ0n) is 13.7. The molecule has 1 N–H and O–H groups in total. The fraction of sp³-hybridized carbons (Fsp3) is 0.353. The van der Waals surface area contributed by atoms with E-state index >= 15 is 0 Å². The number of carbonyl (C=O) groups is 1. The van der Waals surface area contributed by atoms with Gasteiger partial charge in [-0.3, -0.25) is 4.79 Å². The van der Waals surface area contributed by atoms with Gasteiger partial charge in [0, 0.05) is 24.2 Å². The van der Waals surface area contributed by atoms with Gasteiger partial charge >= 0.3 is 0 Å². The molecule has 1 aliphatic heterocycles. The summed E-state index contributed by atoms with van der Waals surface area (Å²) in [6.07, 6.45) is 1.83. The van der Waals surface area contributed by atoms with Gasteiger partial charge in [-0.2, -0.15) is 0 Å². The van der Waals surface area contributed by atoms with Gasteiger partial charge in [0.15, 0.2) is 9.84 Å². The number of hydrogen-bond donors (Lipinski definition) is 1. The average Bonchev–Trinajstić information content (AvgIpc) is 3.22.